The summed E-state index contributed by atoms with van der Waals surface area (Å²) in [6.07, 6.45) is 5.26. The van der Waals surface area contributed by atoms with Gasteiger partial charge in [-0.05, 0) is 45.1 Å². The van der Waals surface area contributed by atoms with E-state index in [0.717, 1.165) is 31.2 Å². The number of aryl methyl sites for hydroxylation is 1. The molecule has 0 bridgehead atoms. The van der Waals surface area contributed by atoms with Crippen LogP contribution >= 0.6 is 0 Å². The van der Waals surface area contributed by atoms with Crippen LogP contribution in [0.4, 0.5) is 0 Å². The molecule has 6 heteroatoms. The van der Waals surface area contributed by atoms with E-state index >= 15 is 0 Å². The molecule has 1 aliphatic carbocycles. The van der Waals surface area contributed by atoms with Gasteiger partial charge in [-0.1, -0.05) is 6.07 Å². The molecule has 0 atom stereocenters. The quantitative estimate of drug-likeness (QED) is 0.903. The van der Waals surface area contributed by atoms with Crippen LogP contribution in [0.15, 0.2) is 18.3 Å². The zero-order chi connectivity index (χ0) is 14.6. The van der Waals surface area contributed by atoms with Crippen molar-refractivity contribution in [3.63, 3.8) is 0 Å². The zero-order valence-corrected chi connectivity index (χ0v) is 12.8. The molecule has 0 unspecified atom stereocenters. The van der Waals surface area contributed by atoms with Crippen molar-refractivity contribution in [3.05, 3.63) is 23.9 Å². The molecule has 0 radical (unpaired) electrons. The molecule has 0 amide bonds. The Hall–Kier alpha value is -1.14. The van der Waals surface area contributed by atoms with Crippen LogP contribution in [0.1, 0.15) is 38.2 Å². The normalized spacial score (nSPS) is 23.5. The van der Waals surface area contributed by atoms with Crippen LogP contribution in [-0.2, 0) is 10.0 Å². The number of nitrogens with one attached hydrogen (secondary N) is 1. The van der Waals surface area contributed by atoms with E-state index in [0.29, 0.717) is 5.88 Å². The second kappa shape index (κ2) is 6.54. The molecule has 1 aromatic heterocycles. The van der Waals surface area contributed by atoms with Crippen LogP contribution in [0.25, 0.3) is 0 Å². The Morgan fingerprint density at radius 3 is 2.55 bits per heavy atom. The van der Waals surface area contributed by atoms with Gasteiger partial charge >= 0.3 is 0 Å². The minimum atomic E-state index is -3.10. The molecule has 0 saturated heterocycles. The molecule has 20 heavy (non-hydrogen) atoms. The van der Waals surface area contributed by atoms with Crippen molar-refractivity contribution in [2.24, 2.45) is 0 Å². The fourth-order valence-electron chi connectivity index (χ4n) is 2.33. The highest BCUT2D eigenvalue weighted by Crippen LogP contribution is 2.23. The lowest BCUT2D eigenvalue weighted by atomic mass is 9.94. The molecule has 1 aromatic rings. The van der Waals surface area contributed by atoms with Gasteiger partial charge in [0.1, 0.15) is 6.10 Å². The third-order valence-electron chi connectivity index (χ3n) is 3.57. The molecule has 1 aliphatic rings. The largest absolute Gasteiger partial charge is 0.474 e. The number of hydrogen-bond acceptors (Lipinski definition) is 4. The van der Waals surface area contributed by atoms with Gasteiger partial charge in [0.2, 0.25) is 15.9 Å². The smallest absolute Gasteiger partial charge is 0.213 e. The van der Waals surface area contributed by atoms with Crippen LogP contribution in [0, 0.1) is 6.92 Å². The third-order valence-corrected chi connectivity index (χ3v) is 5.02. The summed E-state index contributed by atoms with van der Waals surface area (Å²) in [5, 5.41) is 0. The van der Waals surface area contributed by atoms with Gasteiger partial charge in [0.15, 0.2) is 0 Å². The van der Waals surface area contributed by atoms with Crippen molar-refractivity contribution in [3.8, 4) is 5.88 Å². The molecular weight excluding hydrogens is 276 g/mol. The van der Waals surface area contributed by atoms with Crippen LogP contribution in [0.2, 0.25) is 0 Å². The number of rotatable bonds is 5. The Bertz CT molecular complexity index is 520. The number of ether oxygens (including phenoxy) is 1. The summed E-state index contributed by atoms with van der Waals surface area (Å²) in [4.78, 5) is 4.23. The number of pyridine rings is 1. The van der Waals surface area contributed by atoms with E-state index in [-0.39, 0.29) is 17.9 Å². The predicted octanol–water partition coefficient (Wildman–Crippen LogP) is 2.02. The highest BCUT2D eigenvalue weighted by molar-refractivity contribution is 7.89. The molecule has 2 rings (SSSR count). The van der Waals surface area contributed by atoms with Gasteiger partial charge in [0, 0.05) is 18.3 Å². The first-order valence-electron chi connectivity index (χ1n) is 7.08. The second-order valence-electron chi connectivity index (χ2n) is 5.29. The van der Waals surface area contributed by atoms with Crippen molar-refractivity contribution in [2.75, 3.05) is 5.75 Å². The summed E-state index contributed by atoms with van der Waals surface area (Å²) in [5.41, 5.74) is 1.11. The Morgan fingerprint density at radius 1 is 1.30 bits per heavy atom. The lowest BCUT2D eigenvalue weighted by molar-refractivity contribution is 0.138. The molecule has 0 aromatic carbocycles. The van der Waals surface area contributed by atoms with E-state index in [1.165, 1.54) is 0 Å². The fraction of sp³-hybridized carbons (Fsp3) is 0.643. The fourth-order valence-corrected chi connectivity index (χ4v) is 3.24. The van der Waals surface area contributed by atoms with Gasteiger partial charge in [0.25, 0.3) is 0 Å². The second-order valence-corrected chi connectivity index (χ2v) is 7.33. The van der Waals surface area contributed by atoms with E-state index in [4.69, 9.17) is 4.74 Å². The first-order chi connectivity index (χ1) is 9.48. The SMILES string of the molecule is CCS(=O)(=O)NC1CCC(Oc2ccc(C)cn2)CC1. The van der Waals surface area contributed by atoms with Crippen molar-refractivity contribution in [2.45, 2.75) is 51.7 Å². The lowest BCUT2D eigenvalue weighted by Crippen LogP contribution is -2.40. The van der Waals surface area contributed by atoms with E-state index in [9.17, 15) is 8.42 Å². The Morgan fingerprint density at radius 2 is 2.00 bits per heavy atom. The number of nitrogens with zero attached hydrogens (tertiary/aromatic N) is 1. The minimum Gasteiger partial charge on any atom is -0.474 e. The van der Waals surface area contributed by atoms with E-state index in [1.807, 2.05) is 19.1 Å². The molecule has 112 valence electrons. The van der Waals surface area contributed by atoms with Crippen LogP contribution < -0.4 is 9.46 Å². The molecule has 0 aliphatic heterocycles. The summed E-state index contributed by atoms with van der Waals surface area (Å²) < 4.78 is 31.6. The Balaban J connectivity index is 1.81. The summed E-state index contributed by atoms with van der Waals surface area (Å²) in [6.45, 7) is 3.64. The van der Waals surface area contributed by atoms with Gasteiger partial charge in [-0.2, -0.15) is 0 Å². The lowest BCUT2D eigenvalue weighted by Gasteiger charge is -2.28. The van der Waals surface area contributed by atoms with E-state index in [1.54, 1.807) is 13.1 Å². The maximum absolute atomic E-state index is 11.5. The van der Waals surface area contributed by atoms with Crippen LogP contribution in [0.3, 0.4) is 0 Å². The van der Waals surface area contributed by atoms with Gasteiger partial charge in [-0.15, -0.1) is 0 Å². The van der Waals surface area contributed by atoms with Gasteiger partial charge < -0.3 is 4.74 Å². The molecule has 1 heterocycles. The maximum Gasteiger partial charge on any atom is 0.213 e. The summed E-state index contributed by atoms with van der Waals surface area (Å²) in [5.74, 6) is 0.782. The summed E-state index contributed by atoms with van der Waals surface area (Å²) in [7, 11) is -3.10. The topological polar surface area (TPSA) is 68.3 Å². The summed E-state index contributed by atoms with van der Waals surface area (Å²) >= 11 is 0. The monoisotopic (exact) mass is 298 g/mol. The molecule has 1 N–H and O–H groups in total. The molecular formula is C14H22N2O3S. The molecule has 1 saturated carbocycles. The minimum absolute atomic E-state index is 0.0470. The predicted molar refractivity (Wildman–Crippen MR) is 78.2 cm³/mol. The van der Waals surface area contributed by atoms with Crippen LogP contribution in [0.5, 0.6) is 5.88 Å². The van der Waals surface area contributed by atoms with Crippen molar-refractivity contribution < 1.29 is 13.2 Å². The standard InChI is InChI=1S/C14H22N2O3S/c1-3-20(17,18)16-12-5-7-13(8-6-12)19-14-9-4-11(2)10-15-14/h4,9-10,12-13,16H,3,5-8H2,1-2H3. The maximum atomic E-state index is 11.5. The number of hydrogen-bond donors (Lipinski definition) is 1. The Labute approximate surface area is 120 Å². The zero-order valence-electron chi connectivity index (χ0n) is 12.0. The number of sulfonamides is 1. The average molecular weight is 298 g/mol. The van der Waals surface area contributed by atoms with Gasteiger partial charge in [-0.25, -0.2) is 18.1 Å². The molecule has 0 spiro atoms. The average Bonchev–Trinajstić information content (AvgIpc) is 2.43. The summed E-state index contributed by atoms with van der Waals surface area (Å²) in [6, 6.07) is 3.90. The molecule has 1 fully saturated rings. The Kier molecular flexibility index (Phi) is 4.99. The van der Waals surface area contributed by atoms with Crippen LogP contribution in [-0.4, -0.2) is 31.3 Å². The van der Waals surface area contributed by atoms with Gasteiger partial charge in [0.05, 0.1) is 5.75 Å². The first-order valence-corrected chi connectivity index (χ1v) is 8.73. The highest BCUT2D eigenvalue weighted by Gasteiger charge is 2.25. The first kappa shape index (κ1) is 15.3. The highest BCUT2D eigenvalue weighted by atomic mass is 32.2. The number of aromatic nitrogens is 1. The van der Waals surface area contributed by atoms with Crippen molar-refractivity contribution in [1.29, 1.82) is 0 Å². The van der Waals surface area contributed by atoms with Crippen molar-refractivity contribution in [1.82, 2.24) is 9.71 Å². The van der Waals surface area contributed by atoms with E-state index < -0.39 is 10.0 Å². The third kappa shape index (κ3) is 4.45. The van der Waals surface area contributed by atoms with Gasteiger partial charge in [-0.3, -0.25) is 0 Å². The van der Waals surface area contributed by atoms with Crippen molar-refractivity contribution >= 4 is 10.0 Å². The van der Waals surface area contributed by atoms with E-state index in [2.05, 4.69) is 9.71 Å². The molecule has 5 nitrogen and oxygen atoms in total.